The molecule has 0 saturated heterocycles. The number of hydrogen-bond acceptors (Lipinski definition) is 2. The number of allylic oxidation sites excluding steroid dienone is 8. The molecular weight excluding hydrogens is 560 g/mol. The summed E-state index contributed by atoms with van der Waals surface area (Å²) in [5, 5.41) is 0. The Kier molecular flexibility index (Phi) is 30.6. The summed E-state index contributed by atoms with van der Waals surface area (Å²) in [6, 6.07) is 6.17. The lowest BCUT2D eigenvalue weighted by atomic mass is 10.1. The van der Waals surface area contributed by atoms with Crippen molar-refractivity contribution in [1.82, 2.24) is 0 Å². The molecule has 0 atom stereocenters. The Hall–Kier alpha value is -2.48. The van der Waals surface area contributed by atoms with Crippen LogP contribution in [-0.2, 0) is 0 Å². The number of hydrogen-bond donors (Lipinski definition) is 0. The van der Waals surface area contributed by atoms with Gasteiger partial charge in [0, 0.05) is 6.07 Å². The van der Waals surface area contributed by atoms with Crippen LogP contribution >= 0.6 is 0 Å². The lowest BCUT2D eigenvalue weighted by molar-refractivity contribution is 0.289. The summed E-state index contributed by atoms with van der Waals surface area (Å²) in [5.74, 6) is 1.79. The predicted molar refractivity (Wildman–Crippen MR) is 206 cm³/mol. The molecule has 1 aromatic rings. The van der Waals surface area contributed by atoms with Crippen LogP contribution in [0, 0.1) is 0 Å². The molecule has 0 radical (unpaired) electrons. The van der Waals surface area contributed by atoms with Gasteiger partial charge < -0.3 is 9.47 Å². The van der Waals surface area contributed by atoms with Crippen LogP contribution in [0.1, 0.15) is 174 Å². The van der Waals surface area contributed by atoms with E-state index in [4.69, 9.17) is 9.47 Å². The van der Waals surface area contributed by atoms with Crippen LogP contribution in [0.5, 0.6) is 11.5 Å². The lowest BCUT2D eigenvalue weighted by Crippen LogP contribution is -2.00. The first kappa shape index (κ1) is 41.5. The Morgan fingerprint density at radius 1 is 0.435 bits per heavy atom. The second-order valence-corrected chi connectivity index (χ2v) is 12.8. The van der Waals surface area contributed by atoms with E-state index in [2.05, 4.69) is 81.2 Å². The van der Waals surface area contributed by atoms with Crippen molar-refractivity contribution < 1.29 is 9.47 Å². The molecule has 0 saturated carbocycles. The normalized spacial score (nSPS) is 12.0. The molecule has 0 aliphatic carbocycles. The SMILES string of the molecule is C=Cc1cc(OCCCCCCCC/C=C\C/C=C\CCCCC)cc(OCCCCCCCC/C=C\C/C=C\CCCCC)c1. The Morgan fingerprint density at radius 2 is 0.783 bits per heavy atom. The molecule has 0 spiro atoms. The van der Waals surface area contributed by atoms with Crippen LogP contribution in [0.4, 0.5) is 0 Å². The first-order chi connectivity index (χ1) is 22.8. The molecule has 1 aromatic carbocycles. The van der Waals surface area contributed by atoms with Gasteiger partial charge in [0.15, 0.2) is 0 Å². The molecule has 0 heterocycles. The van der Waals surface area contributed by atoms with E-state index >= 15 is 0 Å². The average Bonchev–Trinajstić information content (AvgIpc) is 3.07. The van der Waals surface area contributed by atoms with Crippen LogP contribution in [0.2, 0.25) is 0 Å². The van der Waals surface area contributed by atoms with Crippen molar-refractivity contribution in [3.05, 3.63) is 78.9 Å². The third-order valence-corrected chi connectivity index (χ3v) is 8.37. The molecule has 0 aliphatic heterocycles. The summed E-state index contributed by atoms with van der Waals surface area (Å²) >= 11 is 0. The minimum absolute atomic E-state index is 0.765. The second kappa shape index (κ2) is 33.9. The molecule has 0 N–H and O–H groups in total. The quantitative estimate of drug-likeness (QED) is 0.0567. The maximum absolute atomic E-state index is 6.09. The summed E-state index contributed by atoms with van der Waals surface area (Å²) in [6.07, 6.45) is 50.8. The van der Waals surface area contributed by atoms with Crippen molar-refractivity contribution in [1.29, 1.82) is 0 Å². The highest BCUT2D eigenvalue weighted by Gasteiger charge is 2.03. The molecule has 1 rings (SSSR count). The van der Waals surface area contributed by atoms with Gasteiger partial charge in [0.1, 0.15) is 11.5 Å². The van der Waals surface area contributed by atoms with Gasteiger partial charge in [0.25, 0.3) is 0 Å². The van der Waals surface area contributed by atoms with Crippen molar-refractivity contribution in [2.45, 2.75) is 168 Å². The highest BCUT2D eigenvalue weighted by molar-refractivity contribution is 5.53. The molecule has 260 valence electrons. The minimum atomic E-state index is 0.765. The van der Waals surface area contributed by atoms with Gasteiger partial charge in [-0.25, -0.2) is 0 Å². The maximum Gasteiger partial charge on any atom is 0.123 e. The van der Waals surface area contributed by atoms with Crippen molar-refractivity contribution in [2.75, 3.05) is 13.2 Å². The van der Waals surface area contributed by atoms with Crippen LogP contribution in [0.3, 0.4) is 0 Å². The zero-order chi connectivity index (χ0) is 33.0. The van der Waals surface area contributed by atoms with Crippen molar-refractivity contribution in [3.63, 3.8) is 0 Å². The van der Waals surface area contributed by atoms with E-state index in [1.54, 1.807) is 0 Å². The van der Waals surface area contributed by atoms with E-state index in [1.165, 1.54) is 128 Å². The Morgan fingerprint density at radius 3 is 1.15 bits per heavy atom. The minimum Gasteiger partial charge on any atom is -0.493 e. The van der Waals surface area contributed by atoms with E-state index in [0.29, 0.717) is 0 Å². The fourth-order valence-corrected chi connectivity index (χ4v) is 5.44. The molecule has 46 heavy (non-hydrogen) atoms. The molecule has 0 aliphatic rings. The predicted octanol–water partition coefficient (Wildman–Crippen LogP) is 14.7. The van der Waals surface area contributed by atoms with Gasteiger partial charge in [0.05, 0.1) is 13.2 Å². The average molecular weight is 633 g/mol. The molecule has 0 fully saturated rings. The van der Waals surface area contributed by atoms with E-state index in [1.807, 2.05) is 12.1 Å². The Bertz CT molecular complexity index is 854. The van der Waals surface area contributed by atoms with E-state index in [-0.39, 0.29) is 0 Å². The number of unbranched alkanes of at least 4 members (excludes halogenated alkanes) is 18. The van der Waals surface area contributed by atoms with Gasteiger partial charge in [-0.15, -0.1) is 0 Å². The molecule has 0 aromatic heterocycles. The van der Waals surface area contributed by atoms with Crippen LogP contribution in [-0.4, -0.2) is 13.2 Å². The van der Waals surface area contributed by atoms with E-state index in [9.17, 15) is 0 Å². The summed E-state index contributed by atoms with van der Waals surface area (Å²) < 4.78 is 12.2. The van der Waals surface area contributed by atoms with Gasteiger partial charge in [-0.05, 0) is 94.7 Å². The summed E-state index contributed by atoms with van der Waals surface area (Å²) in [6.45, 7) is 10.0. The highest BCUT2D eigenvalue weighted by Crippen LogP contribution is 2.24. The van der Waals surface area contributed by atoms with Crippen molar-refractivity contribution in [2.24, 2.45) is 0 Å². The Labute approximate surface area is 286 Å². The third-order valence-electron chi connectivity index (χ3n) is 8.37. The first-order valence-electron chi connectivity index (χ1n) is 19.4. The highest BCUT2D eigenvalue weighted by atomic mass is 16.5. The second-order valence-electron chi connectivity index (χ2n) is 12.8. The Balaban J connectivity index is 2.03. The van der Waals surface area contributed by atoms with E-state index < -0.39 is 0 Å². The van der Waals surface area contributed by atoms with Crippen LogP contribution in [0.25, 0.3) is 6.08 Å². The molecule has 0 amide bonds. The summed E-state index contributed by atoms with van der Waals surface area (Å²) in [5.41, 5.74) is 1.06. The van der Waals surface area contributed by atoms with E-state index in [0.717, 1.165) is 56.0 Å². The number of benzene rings is 1. The van der Waals surface area contributed by atoms with Gasteiger partial charge in [-0.2, -0.15) is 0 Å². The van der Waals surface area contributed by atoms with Crippen LogP contribution in [0.15, 0.2) is 73.4 Å². The van der Waals surface area contributed by atoms with Crippen molar-refractivity contribution in [3.8, 4) is 11.5 Å². The first-order valence-corrected chi connectivity index (χ1v) is 19.4. The topological polar surface area (TPSA) is 18.5 Å². The fraction of sp³-hybridized carbons (Fsp3) is 0.636. The summed E-state index contributed by atoms with van der Waals surface area (Å²) in [7, 11) is 0. The maximum atomic E-state index is 6.09. The largest absolute Gasteiger partial charge is 0.493 e. The third kappa shape index (κ3) is 27.8. The molecule has 2 heteroatoms. The van der Waals surface area contributed by atoms with Crippen LogP contribution < -0.4 is 9.47 Å². The zero-order valence-corrected chi connectivity index (χ0v) is 30.3. The lowest BCUT2D eigenvalue weighted by Gasteiger charge is -2.11. The van der Waals surface area contributed by atoms with Gasteiger partial charge >= 0.3 is 0 Å². The standard InChI is InChI=1S/C44H72O2/c1-4-7-9-11-13-15-17-19-21-23-25-27-29-31-33-35-37-45-43-39-42(6-3)40-44(41-43)46-38-36-34-32-30-28-26-24-22-20-18-16-14-12-10-8-5-2/h6,13-16,19-22,39-41H,3-5,7-12,17-18,23-38H2,1-2H3/b15-13-,16-14-,21-19-,22-20-. The molecule has 2 nitrogen and oxygen atoms in total. The van der Waals surface area contributed by atoms with Gasteiger partial charge in [-0.1, -0.05) is 152 Å². The molecule has 0 unspecified atom stereocenters. The molecule has 0 bridgehead atoms. The smallest absolute Gasteiger partial charge is 0.123 e. The number of rotatable bonds is 33. The fourth-order valence-electron chi connectivity index (χ4n) is 5.44. The molecular formula is C44H72O2. The summed E-state index contributed by atoms with van der Waals surface area (Å²) in [4.78, 5) is 0. The monoisotopic (exact) mass is 633 g/mol. The van der Waals surface area contributed by atoms with Crippen molar-refractivity contribution >= 4 is 6.08 Å². The zero-order valence-electron chi connectivity index (χ0n) is 30.3. The van der Waals surface area contributed by atoms with Gasteiger partial charge in [-0.3, -0.25) is 0 Å². The van der Waals surface area contributed by atoms with Gasteiger partial charge in [0.2, 0.25) is 0 Å². The number of ether oxygens (including phenoxy) is 2.